The first-order valence-corrected chi connectivity index (χ1v) is 7.45. The van der Waals surface area contributed by atoms with Crippen LogP contribution in [0.15, 0.2) is 0 Å². The second kappa shape index (κ2) is 6.40. The van der Waals surface area contributed by atoms with Crippen molar-refractivity contribution in [1.82, 2.24) is 4.90 Å². The third kappa shape index (κ3) is 3.45. The normalized spacial score (nSPS) is 33.6. The van der Waals surface area contributed by atoms with E-state index in [1.807, 2.05) is 0 Å². The molecule has 1 aliphatic heterocycles. The molecule has 0 bridgehead atoms. The van der Waals surface area contributed by atoms with Crippen molar-refractivity contribution in [3.05, 3.63) is 0 Å². The zero-order valence-electron chi connectivity index (χ0n) is 11.2. The molecule has 2 heteroatoms. The van der Waals surface area contributed by atoms with Crippen molar-refractivity contribution in [2.24, 2.45) is 11.8 Å². The van der Waals surface area contributed by atoms with E-state index in [0.717, 1.165) is 19.0 Å². The van der Waals surface area contributed by atoms with Crippen molar-refractivity contribution in [3.8, 4) is 6.07 Å². The Morgan fingerprint density at radius 3 is 2.12 bits per heavy atom. The topological polar surface area (TPSA) is 27.0 Å². The summed E-state index contributed by atoms with van der Waals surface area (Å²) in [6.07, 6.45) is 10.5. The van der Waals surface area contributed by atoms with Gasteiger partial charge in [0.05, 0.1) is 6.07 Å². The Morgan fingerprint density at radius 1 is 1.00 bits per heavy atom. The van der Waals surface area contributed by atoms with E-state index < -0.39 is 0 Å². The van der Waals surface area contributed by atoms with Crippen LogP contribution in [0.4, 0.5) is 0 Å². The highest BCUT2D eigenvalue weighted by atomic mass is 15.2. The number of hydrogen-bond acceptors (Lipinski definition) is 2. The molecule has 1 unspecified atom stereocenters. The smallest absolute Gasteiger partial charge is 0.101 e. The summed E-state index contributed by atoms with van der Waals surface area (Å²) >= 11 is 0. The molecule has 1 saturated heterocycles. The van der Waals surface area contributed by atoms with Crippen molar-refractivity contribution in [2.75, 3.05) is 13.1 Å². The molecule has 2 nitrogen and oxygen atoms in total. The van der Waals surface area contributed by atoms with Gasteiger partial charge in [-0.1, -0.05) is 32.6 Å². The molecule has 0 aromatic rings. The largest absolute Gasteiger partial charge is 0.288 e. The molecule has 1 heterocycles. The predicted molar refractivity (Wildman–Crippen MR) is 70.6 cm³/mol. The molecule has 1 atom stereocenters. The molecule has 96 valence electrons. The van der Waals surface area contributed by atoms with Gasteiger partial charge in [0.25, 0.3) is 0 Å². The number of hydrogen-bond donors (Lipinski definition) is 0. The quantitative estimate of drug-likeness (QED) is 0.730. The summed E-state index contributed by atoms with van der Waals surface area (Å²) in [5.41, 5.74) is 0. The summed E-state index contributed by atoms with van der Waals surface area (Å²) < 4.78 is 0. The van der Waals surface area contributed by atoms with Gasteiger partial charge < -0.3 is 0 Å². The minimum atomic E-state index is 0.209. The Balaban J connectivity index is 1.93. The zero-order chi connectivity index (χ0) is 12.1. The number of nitrogens with zero attached hydrogens (tertiary/aromatic N) is 2. The molecular formula is C15H26N2. The van der Waals surface area contributed by atoms with E-state index in [-0.39, 0.29) is 6.04 Å². The average molecular weight is 234 g/mol. The van der Waals surface area contributed by atoms with Gasteiger partial charge in [-0.3, -0.25) is 4.90 Å². The first kappa shape index (κ1) is 12.9. The van der Waals surface area contributed by atoms with Crippen molar-refractivity contribution in [2.45, 2.75) is 64.3 Å². The maximum absolute atomic E-state index is 9.50. The maximum Gasteiger partial charge on any atom is 0.101 e. The van der Waals surface area contributed by atoms with E-state index in [0.29, 0.717) is 5.92 Å². The molecule has 0 spiro atoms. The van der Waals surface area contributed by atoms with Gasteiger partial charge in [0.1, 0.15) is 6.04 Å². The lowest BCUT2D eigenvalue weighted by Gasteiger charge is -2.35. The van der Waals surface area contributed by atoms with Crippen LogP contribution in [0.1, 0.15) is 58.3 Å². The van der Waals surface area contributed by atoms with Crippen LogP contribution in [0, 0.1) is 23.2 Å². The monoisotopic (exact) mass is 234 g/mol. The van der Waals surface area contributed by atoms with E-state index >= 15 is 0 Å². The van der Waals surface area contributed by atoms with Gasteiger partial charge in [0, 0.05) is 0 Å². The van der Waals surface area contributed by atoms with Crippen LogP contribution in [-0.4, -0.2) is 24.0 Å². The molecule has 17 heavy (non-hydrogen) atoms. The number of rotatable bonds is 2. The standard InChI is InChI=1S/C15H26N2/c1-13-6-8-14(9-7-13)15(12-16)17-10-4-2-3-5-11-17/h13-15H,2-11H2,1H3. The lowest BCUT2D eigenvalue weighted by Crippen LogP contribution is -2.41. The zero-order valence-corrected chi connectivity index (χ0v) is 11.2. The Morgan fingerprint density at radius 2 is 1.59 bits per heavy atom. The van der Waals surface area contributed by atoms with Crippen LogP contribution in [0.5, 0.6) is 0 Å². The van der Waals surface area contributed by atoms with Crippen LogP contribution < -0.4 is 0 Å². The summed E-state index contributed by atoms with van der Waals surface area (Å²) in [6.45, 7) is 4.66. The number of nitriles is 1. The Labute approximate surface area is 106 Å². The molecule has 2 fully saturated rings. The summed E-state index contributed by atoms with van der Waals surface area (Å²) in [5.74, 6) is 1.53. The molecule has 1 saturated carbocycles. The number of likely N-dealkylation sites (tertiary alicyclic amines) is 1. The fourth-order valence-corrected chi connectivity index (χ4v) is 3.46. The Bertz CT molecular complexity index is 253. The molecule has 2 aliphatic rings. The second-order valence-electron chi connectivity index (χ2n) is 6.04. The highest BCUT2D eigenvalue weighted by molar-refractivity contribution is 4.98. The second-order valence-corrected chi connectivity index (χ2v) is 6.04. The van der Waals surface area contributed by atoms with E-state index in [4.69, 9.17) is 0 Å². The summed E-state index contributed by atoms with van der Waals surface area (Å²) in [5, 5.41) is 9.50. The van der Waals surface area contributed by atoms with Crippen molar-refractivity contribution >= 4 is 0 Å². The highest BCUT2D eigenvalue weighted by Crippen LogP contribution is 2.32. The van der Waals surface area contributed by atoms with Gasteiger partial charge in [-0.15, -0.1) is 0 Å². The Kier molecular flexibility index (Phi) is 4.86. The fourth-order valence-electron chi connectivity index (χ4n) is 3.46. The molecule has 1 aliphatic carbocycles. The van der Waals surface area contributed by atoms with Crippen LogP contribution in [-0.2, 0) is 0 Å². The average Bonchev–Trinajstić information content (AvgIpc) is 2.62. The summed E-state index contributed by atoms with van der Waals surface area (Å²) in [7, 11) is 0. The van der Waals surface area contributed by atoms with Crippen molar-refractivity contribution < 1.29 is 0 Å². The van der Waals surface area contributed by atoms with E-state index in [1.165, 1.54) is 51.4 Å². The van der Waals surface area contributed by atoms with Gasteiger partial charge in [0.15, 0.2) is 0 Å². The Hall–Kier alpha value is -0.550. The molecule has 0 amide bonds. The molecule has 2 rings (SSSR count). The van der Waals surface area contributed by atoms with Crippen LogP contribution >= 0.6 is 0 Å². The SMILES string of the molecule is CC1CCC(C(C#N)N2CCCCCC2)CC1. The van der Waals surface area contributed by atoms with Crippen LogP contribution in [0.25, 0.3) is 0 Å². The van der Waals surface area contributed by atoms with Gasteiger partial charge in [0.2, 0.25) is 0 Å². The first-order chi connectivity index (χ1) is 8.31. The highest BCUT2D eigenvalue weighted by Gasteiger charge is 2.30. The maximum atomic E-state index is 9.50. The van der Waals surface area contributed by atoms with E-state index in [2.05, 4.69) is 17.9 Å². The third-order valence-corrected chi connectivity index (χ3v) is 4.67. The minimum Gasteiger partial charge on any atom is -0.288 e. The fraction of sp³-hybridized carbons (Fsp3) is 0.933. The molecular weight excluding hydrogens is 208 g/mol. The van der Waals surface area contributed by atoms with Gasteiger partial charge in [-0.05, 0) is 50.6 Å². The summed E-state index contributed by atoms with van der Waals surface area (Å²) in [6, 6.07) is 2.82. The lowest BCUT2D eigenvalue weighted by molar-refractivity contribution is 0.145. The van der Waals surface area contributed by atoms with Crippen molar-refractivity contribution in [1.29, 1.82) is 5.26 Å². The van der Waals surface area contributed by atoms with Gasteiger partial charge in [-0.25, -0.2) is 0 Å². The van der Waals surface area contributed by atoms with Gasteiger partial charge >= 0.3 is 0 Å². The lowest BCUT2D eigenvalue weighted by atomic mass is 9.79. The minimum absolute atomic E-state index is 0.209. The van der Waals surface area contributed by atoms with Crippen LogP contribution in [0.2, 0.25) is 0 Å². The van der Waals surface area contributed by atoms with E-state index in [9.17, 15) is 5.26 Å². The molecule has 0 N–H and O–H groups in total. The van der Waals surface area contributed by atoms with Crippen molar-refractivity contribution in [3.63, 3.8) is 0 Å². The predicted octanol–water partition coefficient (Wildman–Crippen LogP) is 3.58. The third-order valence-electron chi connectivity index (χ3n) is 4.67. The molecule has 0 radical (unpaired) electrons. The molecule has 0 aromatic heterocycles. The van der Waals surface area contributed by atoms with Crippen LogP contribution in [0.3, 0.4) is 0 Å². The first-order valence-electron chi connectivity index (χ1n) is 7.45. The molecule has 0 aromatic carbocycles. The van der Waals surface area contributed by atoms with E-state index in [1.54, 1.807) is 0 Å². The summed E-state index contributed by atoms with van der Waals surface area (Å²) in [4.78, 5) is 2.48. The van der Waals surface area contributed by atoms with Gasteiger partial charge in [-0.2, -0.15) is 5.26 Å².